The van der Waals surface area contributed by atoms with Gasteiger partial charge < -0.3 is 14.7 Å². The molecule has 1 aromatic carbocycles. The van der Waals surface area contributed by atoms with Gasteiger partial charge in [-0.1, -0.05) is 0 Å². The number of aromatic nitrogens is 1. The van der Waals surface area contributed by atoms with Crippen LogP contribution in [0.5, 0.6) is 5.75 Å². The van der Waals surface area contributed by atoms with E-state index in [1.807, 2.05) is 29.2 Å². The van der Waals surface area contributed by atoms with Gasteiger partial charge >= 0.3 is 5.97 Å². The molecule has 1 N–H and O–H groups in total. The molecule has 1 atom stereocenters. The van der Waals surface area contributed by atoms with Gasteiger partial charge in [-0.25, -0.2) is 0 Å². The molecule has 1 spiro atoms. The number of fused-ring (bicyclic) bond motifs is 1. The van der Waals surface area contributed by atoms with Crippen molar-refractivity contribution in [3.8, 4) is 5.75 Å². The first-order valence-electron chi connectivity index (χ1n) is 10.0. The summed E-state index contributed by atoms with van der Waals surface area (Å²) in [6.07, 6.45) is 4.57. The van der Waals surface area contributed by atoms with E-state index in [0.717, 1.165) is 48.7 Å². The van der Waals surface area contributed by atoms with Gasteiger partial charge in [0.15, 0.2) is 0 Å². The number of ether oxygens (including phenoxy) is 1. The molecule has 2 aromatic rings. The number of piperidine rings is 1. The van der Waals surface area contributed by atoms with Crippen LogP contribution in [0.25, 0.3) is 10.9 Å². The number of carboxylic acid groups (broad SMARTS) is 1. The van der Waals surface area contributed by atoms with Crippen LogP contribution in [-0.2, 0) is 4.79 Å². The van der Waals surface area contributed by atoms with Gasteiger partial charge in [-0.3, -0.25) is 14.6 Å². The summed E-state index contributed by atoms with van der Waals surface area (Å²) in [6.45, 7) is 1.24. The Morgan fingerprint density at radius 2 is 1.96 bits per heavy atom. The fourth-order valence-corrected chi connectivity index (χ4v) is 4.69. The molecular weight excluding hydrogens is 356 g/mol. The van der Waals surface area contributed by atoms with E-state index in [4.69, 9.17) is 9.72 Å². The highest BCUT2D eigenvalue weighted by atomic mass is 16.5. The maximum atomic E-state index is 13.4. The van der Waals surface area contributed by atoms with Gasteiger partial charge in [0.25, 0.3) is 5.91 Å². The third kappa shape index (κ3) is 2.82. The van der Waals surface area contributed by atoms with Crippen molar-refractivity contribution >= 4 is 22.8 Å². The molecule has 146 valence electrons. The first-order valence-corrected chi connectivity index (χ1v) is 10.0. The Morgan fingerprint density at radius 3 is 2.57 bits per heavy atom. The molecule has 0 bridgehead atoms. The van der Waals surface area contributed by atoms with Gasteiger partial charge in [0.2, 0.25) is 0 Å². The highest BCUT2D eigenvalue weighted by molar-refractivity contribution is 6.06. The minimum Gasteiger partial charge on any atom is -0.497 e. The molecule has 28 heavy (non-hydrogen) atoms. The summed E-state index contributed by atoms with van der Waals surface area (Å²) < 4.78 is 5.35. The predicted octanol–water partition coefficient (Wildman–Crippen LogP) is 3.45. The Hall–Kier alpha value is -2.63. The first kappa shape index (κ1) is 17.5. The second-order valence-electron chi connectivity index (χ2n) is 8.50. The van der Waals surface area contributed by atoms with E-state index in [1.165, 1.54) is 0 Å². The zero-order valence-corrected chi connectivity index (χ0v) is 16.0. The molecule has 6 nitrogen and oxygen atoms in total. The molecule has 2 heterocycles. The third-order valence-electron chi connectivity index (χ3n) is 6.80. The number of rotatable bonds is 4. The van der Waals surface area contributed by atoms with E-state index in [1.54, 1.807) is 7.11 Å². The van der Waals surface area contributed by atoms with Crippen LogP contribution in [0.15, 0.2) is 24.3 Å². The highest BCUT2D eigenvalue weighted by Crippen LogP contribution is 2.59. The van der Waals surface area contributed by atoms with E-state index in [0.29, 0.717) is 30.3 Å². The summed E-state index contributed by atoms with van der Waals surface area (Å²) in [5.74, 6) is 0.274. The summed E-state index contributed by atoms with van der Waals surface area (Å²) in [4.78, 5) is 31.3. The smallest absolute Gasteiger partial charge is 0.307 e. The van der Waals surface area contributed by atoms with Gasteiger partial charge in [-0.15, -0.1) is 0 Å². The number of carboxylic acids is 1. The molecule has 3 fully saturated rings. The monoisotopic (exact) mass is 380 g/mol. The van der Waals surface area contributed by atoms with Crippen LogP contribution in [-0.4, -0.2) is 47.1 Å². The van der Waals surface area contributed by atoms with Crippen molar-refractivity contribution in [2.45, 2.75) is 38.0 Å². The predicted molar refractivity (Wildman–Crippen MR) is 104 cm³/mol. The summed E-state index contributed by atoms with van der Waals surface area (Å²) in [7, 11) is 1.62. The van der Waals surface area contributed by atoms with Gasteiger partial charge in [0.1, 0.15) is 5.75 Å². The van der Waals surface area contributed by atoms with Gasteiger partial charge in [-0.2, -0.15) is 0 Å². The minimum absolute atomic E-state index is 0.0185. The number of amides is 1. The molecular formula is C22H24N2O4. The van der Waals surface area contributed by atoms with Crippen molar-refractivity contribution in [2.75, 3.05) is 20.2 Å². The third-order valence-corrected chi connectivity index (χ3v) is 6.80. The number of carbonyl (C=O) groups is 2. The number of likely N-dealkylation sites (tertiary alicyclic amines) is 1. The second-order valence-corrected chi connectivity index (χ2v) is 8.50. The number of aliphatic carboxylic acids is 1. The summed E-state index contributed by atoms with van der Waals surface area (Å²) in [5.41, 5.74) is 2.44. The zero-order valence-electron chi connectivity index (χ0n) is 16.0. The molecule has 1 unspecified atom stereocenters. The van der Waals surface area contributed by atoms with E-state index >= 15 is 0 Å². The quantitative estimate of drug-likeness (QED) is 0.879. The Kier molecular flexibility index (Phi) is 3.86. The number of benzene rings is 1. The molecule has 6 heteroatoms. The van der Waals surface area contributed by atoms with Gasteiger partial charge in [-0.05, 0) is 61.8 Å². The van der Waals surface area contributed by atoms with Crippen molar-refractivity contribution in [1.82, 2.24) is 9.88 Å². The number of hydrogen-bond acceptors (Lipinski definition) is 4. The van der Waals surface area contributed by atoms with Crippen LogP contribution in [0, 0.1) is 11.3 Å². The fraction of sp³-hybridized carbons (Fsp3) is 0.500. The average molecular weight is 380 g/mol. The maximum absolute atomic E-state index is 13.4. The Balaban J connectivity index is 1.45. The molecule has 1 amide bonds. The van der Waals surface area contributed by atoms with Gasteiger partial charge in [0, 0.05) is 30.1 Å². The summed E-state index contributed by atoms with van der Waals surface area (Å²) in [5, 5.41) is 10.1. The van der Waals surface area contributed by atoms with Crippen molar-refractivity contribution in [3.63, 3.8) is 0 Å². The topological polar surface area (TPSA) is 79.7 Å². The lowest BCUT2D eigenvalue weighted by Gasteiger charge is -2.33. The molecule has 1 aliphatic heterocycles. The van der Waals surface area contributed by atoms with Crippen LogP contribution in [0.1, 0.15) is 54.1 Å². The van der Waals surface area contributed by atoms with Gasteiger partial charge in [0.05, 0.1) is 24.1 Å². The molecule has 1 saturated heterocycles. The zero-order chi connectivity index (χ0) is 19.5. The van der Waals surface area contributed by atoms with Crippen molar-refractivity contribution in [1.29, 1.82) is 0 Å². The Labute approximate surface area is 163 Å². The molecule has 2 saturated carbocycles. The van der Waals surface area contributed by atoms with E-state index < -0.39 is 5.97 Å². The van der Waals surface area contributed by atoms with Crippen molar-refractivity contribution < 1.29 is 19.4 Å². The highest BCUT2D eigenvalue weighted by Gasteiger charge is 2.59. The summed E-state index contributed by atoms with van der Waals surface area (Å²) >= 11 is 0. The lowest BCUT2D eigenvalue weighted by Crippen LogP contribution is -2.40. The number of pyridine rings is 1. The first-order chi connectivity index (χ1) is 13.5. The van der Waals surface area contributed by atoms with E-state index in [-0.39, 0.29) is 17.2 Å². The maximum Gasteiger partial charge on any atom is 0.307 e. The Bertz CT molecular complexity index is 974. The minimum atomic E-state index is -0.693. The van der Waals surface area contributed by atoms with Crippen LogP contribution in [0.3, 0.4) is 0 Å². The number of methoxy groups -OCH3 is 1. The van der Waals surface area contributed by atoms with Crippen LogP contribution < -0.4 is 4.74 Å². The van der Waals surface area contributed by atoms with Crippen molar-refractivity contribution in [2.24, 2.45) is 11.3 Å². The largest absolute Gasteiger partial charge is 0.497 e. The number of hydrogen-bond donors (Lipinski definition) is 1. The van der Waals surface area contributed by atoms with E-state index in [9.17, 15) is 14.7 Å². The van der Waals surface area contributed by atoms with Crippen LogP contribution in [0.2, 0.25) is 0 Å². The molecule has 0 radical (unpaired) electrons. The summed E-state index contributed by atoms with van der Waals surface area (Å²) in [6, 6.07) is 7.65. The number of carbonyl (C=O) groups excluding carboxylic acids is 1. The lowest BCUT2D eigenvalue weighted by atomic mass is 9.90. The molecule has 2 aliphatic carbocycles. The lowest BCUT2D eigenvalue weighted by molar-refractivity contribution is -0.139. The fourth-order valence-electron chi connectivity index (χ4n) is 4.69. The van der Waals surface area contributed by atoms with Crippen LogP contribution in [0.4, 0.5) is 0 Å². The molecule has 5 rings (SSSR count). The van der Waals surface area contributed by atoms with Crippen molar-refractivity contribution in [3.05, 3.63) is 35.5 Å². The average Bonchev–Trinajstić information content (AvgIpc) is 3.62. The second kappa shape index (κ2) is 6.19. The normalized spacial score (nSPS) is 23.0. The molecule has 1 aromatic heterocycles. The van der Waals surface area contributed by atoms with Crippen LogP contribution >= 0.6 is 0 Å². The Morgan fingerprint density at radius 1 is 1.21 bits per heavy atom. The molecule has 3 aliphatic rings. The van der Waals surface area contributed by atoms with E-state index in [2.05, 4.69) is 0 Å². The number of nitrogens with zero attached hydrogens (tertiary/aromatic N) is 2. The standard InChI is InChI=1S/C22H24N2O4/c1-28-14-4-5-18-15(10-14)16(11-19(23-18)13-2-3-13)20(25)24-8-6-22(7-9-24)12-17(22)21(26)27/h4-5,10-11,13,17H,2-3,6-9,12H2,1H3,(H,26,27). The SMILES string of the molecule is COc1ccc2nc(C3CC3)cc(C(=O)N3CCC4(CC3)CC4C(=O)O)c2c1.